The summed E-state index contributed by atoms with van der Waals surface area (Å²) in [5.41, 5.74) is 3.04. The van der Waals surface area contributed by atoms with Gasteiger partial charge >= 0.3 is 6.09 Å². The number of amides is 1. The molecule has 0 spiro atoms. The van der Waals surface area contributed by atoms with Crippen molar-refractivity contribution in [1.29, 1.82) is 0 Å². The first kappa shape index (κ1) is 20.3. The molecule has 0 radical (unpaired) electrons. The fourth-order valence-electron chi connectivity index (χ4n) is 3.71. The Morgan fingerprint density at radius 1 is 1.19 bits per heavy atom. The minimum atomic E-state index is -0.641. The minimum Gasteiger partial charge on any atom is -0.421 e. The molecule has 1 aliphatic heterocycles. The number of anilines is 1. The number of aromatic nitrogens is 4. The van der Waals surface area contributed by atoms with Gasteiger partial charge < -0.3 is 9.84 Å². The Morgan fingerprint density at radius 3 is 2.62 bits per heavy atom. The Morgan fingerprint density at radius 2 is 1.97 bits per heavy atom. The van der Waals surface area contributed by atoms with Crippen LogP contribution in [-0.4, -0.2) is 37.2 Å². The minimum absolute atomic E-state index is 0.102. The number of aliphatic hydroxyl groups is 1. The van der Waals surface area contributed by atoms with E-state index < -0.39 is 24.2 Å². The van der Waals surface area contributed by atoms with E-state index in [1.165, 1.54) is 33.2 Å². The molecule has 0 saturated carbocycles. The molecule has 1 unspecified atom stereocenters. The fraction of sp³-hybridized carbons (Fsp3) is 0.182. The monoisotopic (exact) mass is 451 g/mol. The quantitative estimate of drug-likeness (QED) is 0.488. The van der Waals surface area contributed by atoms with Gasteiger partial charge in [0.1, 0.15) is 10.8 Å². The lowest BCUT2D eigenvalue weighted by atomic mass is 10.0. The molecule has 2 aromatic heterocycles. The molecule has 4 aromatic rings. The Balaban J connectivity index is 1.39. The van der Waals surface area contributed by atoms with Crippen LogP contribution >= 0.6 is 11.3 Å². The van der Waals surface area contributed by atoms with Crippen molar-refractivity contribution in [2.24, 2.45) is 0 Å². The summed E-state index contributed by atoms with van der Waals surface area (Å²) in [6.45, 7) is 1.71. The molecule has 2 aromatic carbocycles. The molecule has 1 aliphatic rings. The van der Waals surface area contributed by atoms with Crippen molar-refractivity contribution < 1.29 is 19.0 Å². The lowest BCUT2D eigenvalue weighted by Gasteiger charge is -2.21. The molecule has 32 heavy (non-hydrogen) atoms. The van der Waals surface area contributed by atoms with Crippen LogP contribution in [0.15, 0.2) is 60.2 Å². The summed E-state index contributed by atoms with van der Waals surface area (Å²) in [6.07, 6.45) is 1.91. The van der Waals surface area contributed by atoms with Crippen molar-refractivity contribution in [1.82, 2.24) is 20.0 Å². The third kappa shape index (κ3) is 3.53. The van der Waals surface area contributed by atoms with Gasteiger partial charge in [0.25, 0.3) is 0 Å². The van der Waals surface area contributed by atoms with Gasteiger partial charge in [0, 0.05) is 22.7 Å². The highest BCUT2D eigenvalue weighted by Crippen LogP contribution is 2.35. The van der Waals surface area contributed by atoms with E-state index in [0.29, 0.717) is 22.5 Å². The summed E-state index contributed by atoms with van der Waals surface area (Å²) in [4.78, 5) is 18.2. The van der Waals surface area contributed by atoms with E-state index in [9.17, 15) is 9.90 Å². The van der Waals surface area contributed by atoms with Crippen LogP contribution in [0.5, 0.6) is 0 Å². The van der Waals surface area contributed by atoms with Crippen molar-refractivity contribution in [3.8, 4) is 21.7 Å². The van der Waals surface area contributed by atoms with E-state index in [-0.39, 0.29) is 6.61 Å². The number of halogens is 1. The SMILES string of the molecule is C[C@@H]1C(n2ccnn2)OC(=O)N1c1ccc(-c2ccc(-c3nc(CO)cs3)cc2)c(F)c1. The van der Waals surface area contributed by atoms with Crippen molar-refractivity contribution in [2.45, 2.75) is 25.8 Å². The second-order valence-corrected chi connectivity index (χ2v) is 8.17. The molecule has 8 nitrogen and oxygen atoms in total. The third-order valence-electron chi connectivity index (χ3n) is 5.33. The van der Waals surface area contributed by atoms with Crippen LogP contribution < -0.4 is 4.90 Å². The Hall–Kier alpha value is -3.63. The molecule has 0 bridgehead atoms. The van der Waals surface area contributed by atoms with Crippen molar-refractivity contribution >= 4 is 23.1 Å². The topological polar surface area (TPSA) is 93.4 Å². The largest absolute Gasteiger partial charge is 0.421 e. The van der Waals surface area contributed by atoms with Crippen LogP contribution in [0.25, 0.3) is 21.7 Å². The summed E-state index contributed by atoms with van der Waals surface area (Å²) in [7, 11) is 0. The number of aliphatic hydroxyl groups excluding tert-OH is 1. The number of hydrogen-bond donors (Lipinski definition) is 1. The summed E-state index contributed by atoms with van der Waals surface area (Å²) >= 11 is 1.44. The van der Waals surface area contributed by atoms with Gasteiger partial charge in [0.2, 0.25) is 6.23 Å². The molecule has 5 rings (SSSR count). The average molecular weight is 451 g/mol. The predicted molar refractivity (Wildman–Crippen MR) is 116 cm³/mol. The molecule has 1 N–H and O–H groups in total. The van der Waals surface area contributed by atoms with Gasteiger partial charge in [-0.15, -0.1) is 16.4 Å². The van der Waals surface area contributed by atoms with E-state index in [4.69, 9.17) is 4.74 Å². The van der Waals surface area contributed by atoms with Gasteiger partial charge in [-0.2, -0.15) is 0 Å². The van der Waals surface area contributed by atoms with E-state index in [1.54, 1.807) is 23.7 Å². The Kier molecular flexibility index (Phi) is 5.16. The van der Waals surface area contributed by atoms with Crippen molar-refractivity contribution in [3.05, 3.63) is 71.7 Å². The first-order valence-corrected chi connectivity index (χ1v) is 10.7. The molecule has 162 valence electrons. The highest BCUT2D eigenvalue weighted by atomic mass is 32.1. The molecular weight excluding hydrogens is 433 g/mol. The molecule has 2 atom stereocenters. The number of rotatable bonds is 5. The highest BCUT2D eigenvalue weighted by Gasteiger charge is 2.41. The van der Waals surface area contributed by atoms with E-state index in [1.807, 2.05) is 31.2 Å². The van der Waals surface area contributed by atoms with Crippen LogP contribution in [-0.2, 0) is 11.3 Å². The predicted octanol–water partition coefficient (Wildman–Crippen LogP) is 4.24. The van der Waals surface area contributed by atoms with Crippen LogP contribution in [0.4, 0.5) is 14.9 Å². The number of thiazole rings is 1. The second kappa shape index (κ2) is 8.13. The van der Waals surface area contributed by atoms with Crippen LogP contribution in [0.2, 0.25) is 0 Å². The summed E-state index contributed by atoms with van der Waals surface area (Å²) in [6, 6.07) is 11.7. The Labute approximate surface area is 186 Å². The fourth-order valence-corrected chi connectivity index (χ4v) is 4.53. The van der Waals surface area contributed by atoms with Crippen LogP contribution in [0.3, 0.4) is 0 Å². The molecular formula is C22H18FN5O3S. The normalized spacial score (nSPS) is 18.2. The number of cyclic esters (lactones) is 1. The van der Waals surface area contributed by atoms with Gasteiger partial charge in [0.15, 0.2) is 0 Å². The molecule has 1 amide bonds. The number of nitrogens with zero attached hydrogens (tertiary/aromatic N) is 5. The van der Waals surface area contributed by atoms with Crippen molar-refractivity contribution in [3.63, 3.8) is 0 Å². The van der Waals surface area contributed by atoms with Gasteiger partial charge in [-0.3, -0.25) is 4.90 Å². The van der Waals surface area contributed by atoms with E-state index in [0.717, 1.165) is 10.6 Å². The number of carbonyl (C=O) groups is 1. The third-order valence-corrected chi connectivity index (χ3v) is 6.27. The first-order valence-electron chi connectivity index (χ1n) is 9.86. The zero-order valence-corrected chi connectivity index (χ0v) is 17.7. The zero-order chi connectivity index (χ0) is 22.2. The summed E-state index contributed by atoms with van der Waals surface area (Å²) in [5.74, 6) is -0.448. The Bertz CT molecular complexity index is 1260. The average Bonchev–Trinajstić information content (AvgIpc) is 3.54. The van der Waals surface area contributed by atoms with Crippen LogP contribution in [0.1, 0.15) is 18.8 Å². The standard InChI is InChI=1S/C22H18FN5O3S/c1-13-21(27-9-8-24-26-27)31-22(30)28(13)17-6-7-18(19(23)10-17)14-2-4-15(5-3-14)20-25-16(11-29)12-32-20/h2-10,12-13,21,29H,11H2,1H3/t13-,21?/m1/s1. The zero-order valence-electron chi connectivity index (χ0n) is 16.9. The molecule has 0 aliphatic carbocycles. The molecule has 3 heterocycles. The lowest BCUT2D eigenvalue weighted by molar-refractivity contribution is 0.0782. The van der Waals surface area contributed by atoms with Gasteiger partial charge in [-0.1, -0.05) is 29.5 Å². The number of ether oxygens (including phenoxy) is 1. The van der Waals surface area contributed by atoms with E-state index >= 15 is 4.39 Å². The number of carbonyl (C=O) groups excluding carboxylic acids is 1. The first-order chi connectivity index (χ1) is 15.5. The maximum Gasteiger partial charge on any atom is 0.416 e. The maximum absolute atomic E-state index is 15.0. The van der Waals surface area contributed by atoms with Crippen LogP contribution in [0, 0.1) is 5.82 Å². The summed E-state index contributed by atoms with van der Waals surface area (Å²) in [5, 5.41) is 19.4. The number of hydrogen-bond acceptors (Lipinski definition) is 7. The molecule has 1 fully saturated rings. The van der Waals surface area contributed by atoms with Gasteiger partial charge in [0.05, 0.1) is 30.2 Å². The lowest BCUT2D eigenvalue weighted by Crippen LogP contribution is -2.33. The number of benzene rings is 2. The maximum atomic E-state index is 15.0. The smallest absolute Gasteiger partial charge is 0.416 e. The molecule has 1 saturated heterocycles. The highest BCUT2D eigenvalue weighted by molar-refractivity contribution is 7.13. The van der Waals surface area contributed by atoms with Gasteiger partial charge in [-0.05, 0) is 30.7 Å². The molecule has 10 heteroatoms. The second-order valence-electron chi connectivity index (χ2n) is 7.31. The summed E-state index contributed by atoms with van der Waals surface area (Å²) < 4.78 is 21.9. The van der Waals surface area contributed by atoms with Crippen molar-refractivity contribution in [2.75, 3.05) is 4.90 Å². The van der Waals surface area contributed by atoms with E-state index in [2.05, 4.69) is 15.3 Å². The van der Waals surface area contributed by atoms with Gasteiger partial charge in [-0.25, -0.2) is 18.9 Å².